The smallest absolute Gasteiger partial charge is 0.244 e. The van der Waals surface area contributed by atoms with Gasteiger partial charge in [0.05, 0.1) is 23.6 Å². The summed E-state index contributed by atoms with van der Waals surface area (Å²) in [5.74, 6) is -0.114. The van der Waals surface area contributed by atoms with Gasteiger partial charge in [0, 0.05) is 11.4 Å². The highest BCUT2D eigenvalue weighted by atomic mass is 16.2. The van der Waals surface area contributed by atoms with E-state index >= 15 is 0 Å². The van der Waals surface area contributed by atoms with E-state index in [1.54, 1.807) is 12.4 Å². The Hall–Kier alpha value is -1.95. The fourth-order valence-corrected chi connectivity index (χ4v) is 2.87. The molecule has 1 fully saturated rings. The van der Waals surface area contributed by atoms with Gasteiger partial charge in [-0.25, -0.2) is 9.67 Å². The molecule has 0 bridgehead atoms. The predicted molar refractivity (Wildman–Crippen MR) is 81.9 cm³/mol. The Morgan fingerprint density at radius 2 is 2.10 bits per heavy atom. The number of rotatable bonds is 3. The van der Waals surface area contributed by atoms with Crippen LogP contribution in [0.4, 0.5) is 5.69 Å². The van der Waals surface area contributed by atoms with Crippen LogP contribution in [0.3, 0.4) is 0 Å². The summed E-state index contributed by atoms with van der Waals surface area (Å²) in [7, 11) is 0. The predicted octanol–water partition coefficient (Wildman–Crippen LogP) is 2.22. The van der Waals surface area contributed by atoms with Gasteiger partial charge in [0.25, 0.3) is 0 Å². The maximum Gasteiger partial charge on any atom is 0.244 e. The summed E-state index contributed by atoms with van der Waals surface area (Å²) in [6, 6.07) is 2.14. The first-order chi connectivity index (χ1) is 9.99. The van der Waals surface area contributed by atoms with Crippen LogP contribution >= 0.6 is 0 Å². The molecule has 1 saturated carbocycles. The molecule has 0 atom stereocenters. The molecule has 1 amide bonds. The molecule has 0 aromatic carbocycles. The van der Waals surface area contributed by atoms with E-state index in [-0.39, 0.29) is 11.9 Å². The molecule has 0 unspecified atom stereocenters. The normalized spacial score (nSPS) is 17.5. The lowest BCUT2D eigenvalue weighted by molar-refractivity contribution is -0.121. The average molecular weight is 287 g/mol. The van der Waals surface area contributed by atoms with Crippen LogP contribution in [0.1, 0.15) is 45.6 Å². The lowest BCUT2D eigenvalue weighted by atomic mass is 9.98. The zero-order valence-electron chi connectivity index (χ0n) is 12.5. The molecule has 21 heavy (non-hydrogen) atoms. The topological polar surface area (TPSA) is 85.8 Å². The molecule has 1 aliphatic rings. The van der Waals surface area contributed by atoms with Gasteiger partial charge in [-0.3, -0.25) is 4.79 Å². The number of hydrogen-bond acceptors (Lipinski definition) is 4. The van der Waals surface area contributed by atoms with Crippen molar-refractivity contribution in [2.75, 3.05) is 5.32 Å². The molecule has 2 aromatic rings. The van der Waals surface area contributed by atoms with E-state index in [9.17, 15) is 4.79 Å². The highest BCUT2D eigenvalue weighted by Crippen LogP contribution is 2.28. The van der Waals surface area contributed by atoms with Crippen LogP contribution in [0.15, 0.2) is 18.5 Å². The van der Waals surface area contributed by atoms with Gasteiger partial charge in [0.15, 0.2) is 5.65 Å². The molecule has 0 saturated heterocycles. The van der Waals surface area contributed by atoms with Crippen LogP contribution in [0.2, 0.25) is 0 Å². The van der Waals surface area contributed by atoms with E-state index in [1.165, 1.54) is 0 Å². The average Bonchev–Trinajstić information content (AvgIpc) is 3.05. The highest BCUT2D eigenvalue weighted by Gasteiger charge is 2.37. The molecular weight excluding hydrogens is 266 g/mol. The molecule has 2 heterocycles. The molecule has 112 valence electrons. The number of nitrogens with one attached hydrogen (secondary N) is 1. The second kappa shape index (κ2) is 5.11. The first kappa shape index (κ1) is 14.0. The molecule has 0 aliphatic heterocycles. The zero-order chi connectivity index (χ0) is 15.0. The van der Waals surface area contributed by atoms with E-state index in [2.05, 4.69) is 29.2 Å². The van der Waals surface area contributed by atoms with E-state index in [0.29, 0.717) is 5.69 Å². The largest absolute Gasteiger partial charge is 0.323 e. The van der Waals surface area contributed by atoms with Crippen LogP contribution in [-0.2, 0) is 4.79 Å². The lowest BCUT2D eigenvalue weighted by Crippen LogP contribution is -2.48. The maximum absolute atomic E-state index is 12.3. The number of fused-ring (bicyclic) bond motifs is 1. The monoisotopic (exact) mass is 287 g/mol. The Morgan fingerprint density at radius 1 is 1.38 bits per heavy atom. The third-order valence-electron chi connectivity index (χ3n) is 4.13. The SMILES string of the molecule is CC(C)n1ncc2cc(NC(=O)C3(N)CCCC3)cnc21. The fraction of sp³-hybridized carbons (Fsp3) is 0.533. The number of pyridine rings is 1. The summed E-state index contributed by atoms with van der Waals surface area (Å²) >= 11 is 0. The van der Waals surface area contributed by atoms with Crippen molar-refractivity contribution in [3.63, 3.8) is 0 Å². The molecule has 0 spiro atoms. The van der Waals surface area contributed by atoms with E-state index in [4.69, 9.17) is 5.73 Å². The maximum atomic E-state index is 12.3. The molecular formula is C15H21N5O. The third kappa shape index (κ3) is 2.51. The zero-order valence-corrected chi connectivity index (χ0v) is 12.5. The number of carbonyl (C=O) groups is 1. The quantitative estimate of drug-likeness (QED) is 0.906. The summed E-state index contributed by atoms with van der Waals surface area (Å²) in [6.45, 7) is 4.12. The second-order valence-electron chi connectivity index (χ2n) is 6.14. The minimum Gasteiger partial charge on any atom is -0.323 e. The number of nitrogens with zero attached hydrogens (tertiary/aromatic N) is 3. The Labute approximate surface area is 123 Å². The number of carbonyl (C=O) groups excluding carboxylic acids is 1. The van der Waals surface area contributed by atoms with Crippen molar-refractivity contribution in [2.45, 2.75) is 51.1 Å². The van der Waals surface area contributed by atoms with Crippen molar-refractivity contribution < 1.29 is 4.79 Å². The highest BCUT2D eigenvalue weighted by molar-refractivity contribution is 5.99. The number of nitrogens with two attached hydrogens (primary N) is 1. The second-order valence-corrected chi connectivity index (χ2v) is 6.14. The summed E-state index contributed by atoms with van der Waals surface area (Å²) < 4.78 is 1.86. The van der Waals surface area contributed by atoms with Crippen molar-refractivity contribution in [1.29, 1.82) is 0 Å². The minimum atomic E-state index is -0.725. The van der Waals surface area contributed by atoms with Crippen LogP contribution < -0.4 is 11.1 Å². The molecule has 6 nitrogen and oxygen atoms in total. The van der Waals surface area contributed by atoms with Crippen LogP contribution in [0.5, 0.6) is 0 Å². The molecule has 1 aliphatic carbocycles. The number of anilines is 1. The molecule has 6 heteroatoms. The number of aromatic nitrogens is 3. The number of hydrogen-bond donors (Lipinski definition) is 2. The van der Waals surface area contributed by atoms with Gasteiger partial charge in [-0.05, 0) is 32.8 Å². The molecule has 3 N–H and O–H groups in total. The van der Waals surface area contributed by atoms with Crippen molar-refractivity contribution in [1.82, 2.24) is 14.8 Å². The Morgan fingerprint density at radius 3 is 2.76 bits per heavy atom. The van der Waals surface area contributed by atoms with Gasteiger partial charge < -0.3 is 11.1 Å². The van der Waals surface area contributed by atoms with Gasteiger partial charge in [-0.15, -0.1) is 0 Å². The van der Waals surface area contributed by atoms with Crippen molar-refractivity contribution >= 4 is 22.6 Å². The Kier molecular flexibility index (Phi) is 3.41. The van der Waals surface area contributed by atoms with E-state index in [1.807, 2.05) is 10.7 Å². The standard InChI is InChI=1S/C15H21N5O/c1-10(2)20-13-11(8-18-20)7-12(9-17-13)19-14(21)15(16)5-3-4-6-15/h7-10H,3-6,16H2,1-2H3,(H,19,21). The summed E-state index contributed by atoms with van der Waals surface area (Å²) in [5.41, 5.74) is 6.93. The third-order valence-corrected chi connectivity index (χ3v) is 4.13. The lowest BCUT2D eigenvalue weighted by Gasteiger charge is -2.22. The molecule has 0 radical (unpaired) electrons. The van der Waals surface area contributed by atoms with Crippen molar-refractivity contribution in [3.05, 3.63) is 18.5 Å². The van der Waals surface area contributed by atoms with Crippen LogP contribution in [0.25, 0.3) is 11.0 Å². The summed E-state index contributed by atoms with van der Waals surface area (Å²) in [4.78, 5) is 16.7. The fourth-order valence-electron chi connectivity index (χ4n) is 2.87. The van der Waals surface area contributed by atoms with Gasteiger partial charge in [-0.1, -0.05) is 12.8 Å². The first-order valence-corrected chi connectivity index (χ1v) is 7.43. The van der Waals surface area contributed by atoms with Gasteiger partial charge >= 0.3 is 0 Å². The van der Waals surface area contributed by atoms with Crippen LogP contribution in [0, 0.1) is 0 Å². The van der Waals surface area contributed by atoms with Gasteiger partial charge in [-0.2, -0.15) is 5.10 Å². The van der Waals surface area contributed by atoms with Crippen molar-refractivity contribution in [2.24, 2.45) is 5.73 Å². The number of amides is 1. The Bertz CT molecular complexity index is 670. The van der Waals surface area contributed by atoms with E-state index < -0.39 is 5.54 Å². The molecule has 2 aromatic heterocycles. The van der Waals surface area contributed by atoms with E-state index in [0.717, 1.165) is 36.7 Å². The minimum absolute atomic E-state index is 0.114. The summed E-state index contributed by atoms with van der Waals surface area (Å²) in [6.07, 6.45) is 6.97. The Balaban J connectivity index is 1.83. The van der Waals surface area contributed by atoms with Gasteiger partial charge in [0.2, 0.25) is 5.91 Å². The molecule has 3 rings (SSSR count). The van der Waals surface area contributed by atoms with Gasteiger partial charge in [0.1, 0.15) is 0 Å². The first-order valence-electron chi connectivity index (χ1n) is 7.43. The van der Waals surface area contributed by atoms with Crippen molar-refractivity contribution in [3.8, 4) is 0 Å². The van der Waals surface area contributed by atoms with Crippen LogP contribution in [-0.4, -0.2) is 26.2 Å². The summed E-state index contributed by atoms with van der Waals surface area (Å²) in [5, 5.41) is 8.13.